The van der Waals surface area contributed by atoms with Crippen LogP contribution in [0.25, 0.3) is 11.0 Å². The van der Waals surface area contributed by atoms with Gasteiger partial charge in [-0.3, -0.25) is 0 Å². The lowest BCUT2D eigenvalue weighted by atomic mass is 10.0. The molecule has 110 valence electrons. The van der Waals surface area contributed by atoms with E-state index in [-0.39, 0.29) is 0 Å². The van der Waals surface area contributed by atoms with Gasteiger partial charge in [-0.05, 0) is 31.2 Å². The van der Waals surface area contributed by atoms with E-state index in [0.29, 0.717) is 14.4 Å². The van der Waals surface area contributed by atoms with Gasteiger partial charge in [-0.15, -0.1) is 11.3 Å². The molecule has 1 atom stereocenters. The number of hydrogen-bond acceptors (Lipinski definition) is 4. The molecule has 3 aromatic rings. The molecular formula is C15H13Cl2NO2S. The number of rotatable bonds is 3. The van der Waals surface area contributed by atoms with Crippen molar-refractivity contribution in [3.63, 3.8) is 0 Å². The van der Waals surface area contributed by atoms with Crippen LogP contribution in [0, 0.1) is 6.92 Å². The molecule has 0 aliphatic heterocycles. The number of thiophene rings is 1. The van der Waals surface area contributed by atoms with Crippen molar-refractivity contribution in [3.8, 4) is 5.75 Å². The largest absolute Gasteiger partial charge is 0.497 e. The standard InChI is InChI=1S/C15H13Cl2NO2S/c1-7-9-5-8(19-2)3-4-11(9)20-14(7)13(18)10-6-12(16)21-15(10)17/h3-6,13H,18H2,1-2H3. The van der Waals surface area contributed by atoms with Gasteiger partial charge in [0.05, 0.1) is 21.8 Å². The van der Waals surface area contributed by atoms with Gasteiger partial charge in [0.2, 0.25) is 0 Å². The molecule has 0 aliphatic carbocycles. The Morgan fingerprint density at radius 2 is 2.05 bits per heavy atom. The Morgan fingerprint density at radius 3 is 2.67 bits per heavy atom. The molecule has 1 unspecified atom stereocenters. The van der Waals surface area contributed by atoms with Gasteiger partial charge < -0.3 is 14.9 Å². The van der Waals surface area contributed by atoms with Crippen LogP contribution in [-0.2, 0) is 0 Å². The lowest BCUT2D eigenvalue weighted by molar-refractivity contribution is 0.415. The summed E-state index contributed by atoms with van der Waals surface area (Å²) in [6.45, 7) is 1.97. The molecule has 0 spiro atoms. The van der Waals surface area contributed by atoms with Crippen LogP contribution in [0.3, 0.4) is 0 Å². The SMILES string of the molecule is COc1ccc2oc(C(N)c3cc(Cl)sc3Cl)c(C)c2c1. The number of furan rings is 1. The van der Waals surface area contributed by atoms with E-state index < -0.39 is 6.04 Å². The van der Waals surface area contributed by atoms with E-state index >= 15 is 0 Å². The first-order chi connectivity index (χ1) is 10.0. The predicted molar refractivity (Wildman–Crippen MR) is 87.9 cm³/mol. The molecule has 3 nitrogen and oxygen atoms in total. The van der Waals surface area contributed by atoms with Crippen molar-refractivity contribution in [1.82, 2.24) is 0 Å². The van der Waals surface area contributed by atoms with Crippen molar-refractivity contribution in [2.75, 3.05) is 7.11 Å². The smallest absolute Gasteiger partial charge is 0.134 e. The Kier molecular flexibility index (Phi) is 3.88. The second-order valence-corrected chi connectivity index (χ2v) is 7.00. The van der Waals surface area contributed by atoms with Gasteiger partial charge in [0.25, 0.3) is 0 Å². The summed E-state index contributed by atoms with van der Waals surface area (Å²) in [5.74, 6) is 1.47. The van der Waals surface area contributed by atoms with E-state index in [0.717, 1.165) is 27.8 Å². The second-order valence-electron chi connectivity index (χ2n) is 4.71. The maximum absolute atomic E-state index is 6.30. The zero-order chi connectivity index (χ0) is 15.1. The minimum Gasteiger partial charge on any atom is -0.497 e. The molecule has 2 N–H and O–H groups in total. The molecule has 0 aliphatic rings. The van der Waals surface area contributed by atoms with E-state index in [1.54, 1.807) is 13.2 Å². The summed E-state index contributed by atoms with van der Waals surface area (Å²) < 4.78 is 12.3. The molecule has 6 heteroatoms. The summed E-state index contributed by atoms with van der Waals surface area (Å²) >= 11 is 13.5. The predicted octanol–water partition coefficient (Wildman–Crippen LogP) is 5.17. The van der Waals surface area contributed by atoms with Crippen LogP contribution in [0.2, 0.25) is 8.67 Å². The third-order valence-electron chi connectivity index (χ3n) is 3.48. The topological polar surface area (TPSA) is 48.4 Å². The van der Waals surface area contributed by atoms with E-state index in [1.807, 2.05) is 25.1 Å². The Morgan fingerprint density at radius 1 is 1.29 bits per heavy atom. The highest BCUT2D eigenvalue weighted by molar-refractivity contribution is 7.20. The van der Waals surface area contributed by atoms with E-state index in [9.17, 15) is 0 Å². The van der Waals surface area contributed by atoms with Crippen LogP contribution >= 0.6 is 34.5 Å². The zero-order valence-electron chi connectivity index (χ0n) is 11.4. The maximum atomic E-state index is 6.30. The van der Waals surface area contributed by atoms with Crippen LogP contribution in [0.15, 0.2) is 28.7 Å². The van der Waals surface area contributed by atoms with Gasteiger partial charge in [0, 0.05) is 16.5 Å². The van der Waals surface area contributed by atoms with Gasteiger partial charge in [-0.25, -0.2) is 0 Å². The fraction of sp³-hybridized carbons (Fsp3) is 0.200. The summed E-state index contributed by atoms with van der Waals surface area (Å²) in [7, 11) is 1.64. The van der Waals surface area contributed by atoms with Crippen molar-refractivity contribution in [3.05, 3.63) is 49.8 Å². The summed E-state index contributed by atoms with van der Waals surface area (Å²) in [4.78, 5) is 0. The van der Waals surface area contributed by atoms with E-state index in [2.05, 4.69) is 0 Å². The van der Waals surface area contributed by atoms with Crippen molar-refractivity contribution in [2.24, 2.45) is 5.73 Å². The summed E-state index contributed by atoms with van der Waals surface area (Å²) in [6, 6.07) is 7.01. The quantitative estimate of drug-likeness (QED) is 0.715. The number of nitrogens with two attached hydrogens (primary N) is 1. The first-order valence-electron chi connectivity index (χ1n) is 6.28. The third-order valence-corrected chi connectivity index (χ3v) is 5.00. The highest BCUT2D eigenvalue weighted by atomic mass is 35.5. The van der Waals surface area contributed by atoms with Gasteiger partial charge in [-0.1, -0.05) is 23.2 Å². The molecule has 2 heterocycles. The second kappa shape index (κ2) is 5.54. The highest BCUT2D eigenvalue weighted by Gasteiger charge is 2.22. The van der Waals surface area contributed by atoms with Gasteiger partial charge >= 0.3 is 0 Å². The minimum absolute atomic E-state index is 0.445. The normalized spacial score (nSPS) is 12.8. The highest BCUT2D eigenvalue weighted by Crippen LogP contribution is 2.39. The molecule has 1 aromatic carbocycles. The molecule has 0 amide bonds. The fourth-order valence-electron chi connectivity index (χ4n) is 2.35. The first-order valence-corrected chi connectivity index (χ1v) is 7.86. The van der Waals surface area contributed by atoms with Gasteiger partial charge in [-0.2, -0.15) is 0 Å². The molecule has 0 saturated heterocycles. The molecular weight excluding hydrogens is 329 g/mol. The molecule has 0 saturated carbocycles. The number of ether oxygens (including phenoxy) is 1. The summed E-state index contributed by atoms with van der Waals surface area (Å²) in [5.41, 5.74) is 8.84. The average molecular weight is 342 g/mol. The monoisotopic (exact) mass is 341 g/mol. The van der Waals surface area contributed by atoms with E-state index in [1.165, 1.54) is 11.3 Å². The zero-order valence-corrected chi connectivity index (χ0v) is 13.8. The van der Waals surface area contributed by atoms with Crippen LogP contribution in [0.4, 0.5) is 0 Å². The Bertz CT molecular complexity index is 809. The van der Waals surface area contributed by atoms with Gasteiger partial charge in [0.1, 0.15) is 17.1 Å². The number of benzene rings is 1. The van der Waals surface area contributed by atoms with Crippen LogP contribution in [-0.4, -0.2) is 7.11 Å². The molecule has 0 bridgehead atoms. The Balaban J connectivity index is 2.12. The Labute approximate surface area is 136 Å². The fourth-order valence-corrected chi connectivity index (χ4v) is 3.90. The number of halogens is 2. The number of fused-ring (bicyclic) bond motifs is 1. The van der Waals surface area contributed by atoms with Gasteiger partial charge in [0.15, 0.2) is 0 Å². The molecule has 0 fully saturated rings. The molecule has 2 aromatic heterocycles. The summed E-state index contributed by atoms with van der Waals surface area (Å²) in [5, 5.41) is 0.984. The molecule has 3 rings (SSSR count). The Hall–Kier alpha value is -1.20. The van der Waals surface area contributed by atoms with E-state index in [4.69, 9.17) is 38.1 Å². The maximum Gasteiger partial charge on any atom is 0.134 e. The third kappa shape index (κ3) is 2.53. The van der Waals surface area contributed by atoms with Crippen molar-refractivity contribution >= 4 is 45.5 Å². The van der Waals surface area contributed by atoms with Crippen LogP contribution < -0.4 is 10.5 Å². The number of aryl methyl sites for hydroxylation is 1. The lowest BCUT2D eigenvalue weighted by Crippen LogP contribution is -2.11. The minimum atomic E-state index is -0.445. The molecule has 21 heavy (non-hydrogen) atoms. The van der Waals surface area contributed by atoms with Crippen molar-refractivity contribution in [2.45, 2.75) is 13.0 Å². The summed E-state index contributed by atoms with van der Waals surface area (Å²) in [6.07, 6.45) is 0. The van der Waals surface area contributed by atoms with Crippen molar-refractivity contribution in [1.29, 1.82) is 0 Å². The van der Waals surface area contributed by atoms with Crippen LogP contribution in [0.5, 0.6) is 5.75 Å². The average Bonchev–Trinajstić information content (AvgIpc) is 2.98. The van der Waals surface area contributed by atoms with Crippen molar-refractivity contribution < 1.29 is 9.15 Å². The first kappa shape index (κ1) is 14.7. The number of hydrogen-bond donors (Lipinski definition) is 1. The number of methoxy groups -OCH3 is 1. The molecule has 0 radical (unpaired) electrons. The lowest BCUT2D eigenvalue weighted by Gasteiger charge is -2.08. The van der Waals surface area contributed by atoms with Crippen LogP contribution in [0.1, 0.15) is 22.9 Å².